The van der Waals surface area contributed by atoms with E-state index in [0.29, 0.717) is 0 Å². The summed E-state index contributed by atoms with van der Waals surface area (Å²) in [5, 5.41) is 3.52. The summed E-state index contributed by atoms with van der Waals surface area (Å²) in [6.07, 6.45) is 1.90. The number of hydrogen-bond acceptors (Lipinski definition) is 5. The van der Waals surface area contributed by atoms with Crippen LogP contribution in [0.1, 0.15) is 15.3 Å². The molecule has 1 N–H and O–H groups in total. The van der Waals surface area contributed by atoms with Crippen molar-refractivity contribution in [3.63, 3.8) is 0 Å². The van der Waals surface area contributed by atoms with Crippen molar-refractivity contribution in [3.05, 3.63) is 75.9 Å². The smallest absolute Gasteiger partial charge is 0.128 e. The van der Waals surface area contributed by atoms with E-state index in [0.717, 1.165) is 50.8 Å². The van der Waals surface area contributed by atoms with Crippen molar-refractivity contribution in [2.75, 3.05) is 36.0 Å². The van der Waals surface area contributed by atoms with Gasteiger partial charge in [0.05, 0.1) is 0 Å². The highest BCUT2D eigenvalue weighted by molar-refractivity contribution is 7.11. The van der Waals surface area contributed by atoms with Gasteiger partial charge >= 0.3 is 0 Å². The van der Waals surface area contributed by atoms with Gasteiger partial charge in [-0.3, -0.25) is 0 Å². The first-order chi connectivity index (χ1) is 13.7. The Balaban J connectivity index is 1.31. The Morgan fingerprint density at radius 3 is 2.43 bits per heavy atom. The molecule has 0 spiro atoms. The maximum absolute atomic E-state index is 13.1. The zero-order valence-electron chi connectivity index (χ0n) is 16.1. The lowest BCUT2D eigenvalue weighted by Gasteiger charge is -2.36. The minimum Gasteiger partial charge on any atom is -0.368 e. The average Bonchev–Trinajstić information content (AvgIpc) is 3.14. The minimum atomic E-state index is -0.189. The Hall–Kier alpha value is -2.44. The van der Waals surface area contributed by atoms with E-state index >= 15 is 0 Å². The summed E-state index contributed by atoms with van der Waals surface area (Å²) in [6.45, 7) is 7.51. The summed E-state index contributed by atoms with van der Waals surface area (Å²) in [4.78, 5) is 11.9. The second-order valence-electron chi connectivity index (χ2n) is 7.09. The van der Waals surface area contributed by atoms with E-state index in [-0.39, 0.29) is 5.82 Å². The molecule has 1 fully saturated rings. The third-order valence-corrected chi connectivity index (χ3v) is 6.03. The number of aryl methyl sites for hydroxylation is 1. The summed E-state index contributed by atoms with van der Waals surface area (Å²) >= 11 is 1.84. The van der Waals surface area contributed by atoms with Crippen molar-refractivity contribution in [1.29, 1.82) is 0 Å². The van der Waals surface area contributed by atoms with Crippen LogP contribution in [0.2, 0.25) is 0 Å². The van der Waals surface area contributed by atoms with Crippen molar-refractivity contribution >= 4 is 22.8 Å². The van der Waals surface area contributed by atoms with Crippen molar-refractivity contribution in [3.8, 4) is 0 Å². The Morgan fingerprint density at radius 2 is 1.71 bits per heavy atom. The maximum Gasteiger partial charge on any atom is 0.128 e. The van der Waals surface area contributed by atoms with Gasteiger partial charge in [-0.25, -0.2) is 9.37 Å². The van der Waals surface area contributed by atoms with Crippen LogP contribution in [0.25, 0.3) is 0 Å². The highest BCUT2D eigenvalue weighted by Crippen LogP contribution is 2.20. The monoisotopic (exact) mass is 396 g/mol. The number of thiophene rings is 1. The zero-order chi connectivity index (χ0) is 19.3. The Morgan fingerprint density at radius 1 is 0.964 bits per heavy atom. The number of nitrogens with zero attached hydrogens (tertiary/aromatic N) is 3. The summed E-state index contributed by atoms with van der Waals surface area (Å²) in [5.41, 5.74) is 2.33. The normalized spacial score (nSPS) is 14.5. The number of piperazine rings is 1. The molecule has 1 saturated heterocycles. The van der Waals surface area contributed by atoms with Crippen LogP contribution < -0.4 is 15.1 Å². The first-order valence-corrected chi connectivity index (χ1v) is 10.5. The van der Waals surface area contributed by atoms with Gasteiger partial charge < -0.3 is 15.1 Å². The predicted molar refractivity (Wildman–Crippen MR) is 115 cm³/mol. The first-order valence-electron chi connectivity index (χ1n) is 9.64. The Kier molecular flexibility index (Phi) is 5.88. The number of rotatable bonds is 6. The fraction of sp³-hybridized carbons (Fsp3) is 0.318. The molecule has 146 valence electrons. The molecule has 0 unspecified atom stereocenters. The largest absolute Gasteiger partial charge is 0.368 e. The number of hydrogen-bond donors (Lipinski definition) is 1. The Labute approximate surface area is 169 Å². The molecule has 4 rings (SSSR count). The van der Waals surface area contributed by atoms with Crippen LogP contribution in [0.5, 0.6) is 0 Å². The molecule has 6 heteroatoms. The van der Waals surface area contributed by atoms with Gasteiger partial charge in [0, 0.05) is 60.9 Å². The van der Waals surface area contributed by atoms with Gasteiger partial charge in [-0.05, 0) is 61.0 Å². The van der Waals surface area contributed by atoms with E-state index in [4.69, 9.17) is 0 Å². The number of benzene rings is 1. The fourth-order valence-corrected chi connectivity index (χ4v) is 4.36. The van der Waals surface area contributed by atoms with Crippen LogP contribution in [0.4, 0.5) is 15.9 Å². The minimum absolute atomic E-state index is 0.189. The molecule has 0 amide bonds. The van der Waals surface area contributed by atoms with Gasteiger partial charge in [0.25, 0.3) is 0 Å². The molecule has 28 heavy (non-hydrogen) atoms. The number of aromatic nitrogens is 1. The summed E-state index contributed by atoms with van der Waals surface area (Å²) < 4.78 is 13.1. The lowest BCUT2D eigenvalue weighted by molar-refractivity contribution is 0.624. The van der Waals surface area contributed by atoms with Crippen LogP contribution in [0.15, 0.2) is 54.7 Å². The average molecular weight is 397 g/mol. The molecule has 0 atom stereocenters. The van der Waals surface area contributed by atoms with Crippen LogP contribution in [0.3, 0.4) is 0 Å². The van der Waals surface area contributed by atoms with Crippen molar-refractivity contribution < 1.29 is 4.39 Å². The molecule has 0 aliphatic carbocycles. The van der Waals surface area contributed by atoms with E-state index in [1.165, 1.54) is 27.5 Å². The molecule has 0 saturated carbocycles. The van der Waals surface area contributed by atoms with Crippen LogP contribution in [-0.2, 0) is 13.1 Å². The highest BCUT2D eigenvalue weighted by atomic mass is 32.1. The fourth-order valence-electron chi connectivity index (χ4n) is 3.50. The quantitative estimate of drug-likeness (QED) is 0.676. The molecule has 0 bridgehead atoms. The van der Waals surface area contributed by atoms with Gasteiger partial charge in [0.1, 0.15) is 11.6 Å². The second kappa shape index (κ2) is 8.71. The molecular formula is C22H25FN4S. The van der Waals surface area contributed by atoms with Crippen LogP contribution >= 0.6 is 11.3 Å². The molecule has 3 heterocycles. The lowest BCUT2D eigenvalue weighted by atomic mass is 10.2. The van der Waals surface area contributed by atoms with E-state index in [9.17, 15) is 4.39 Å². The molecule has 2 aromatic heterocycles. The van der Waals surface area contributed by atoms with E-state index in [1.807, 2.05) is 29.7 Å². The number of pyridine rings is 1. The van der Waals surface area contributed by atoms with Crippen molar-refractivity contribution in [1.82, 2.24) is 10.3 Å². The molecule has 0 radical (unpaired) electrons. The number of halogens is 1. The molecular weight excluding hydrogens is 371 g/mol. The maximum atomic E-state index is 13.1. The Bertz CT molecular complexity index is 901. The van der Waals surface area contributed by atoms with E-state index in [2.05, 4.69) is 51.3 Å². The second-order valence-corrected chi connectivity index (χ2v) is 8.46. The first kappa shape index (κ1) is 18.9. The lowest BCUT2D eigenvalue weighted by Crippen LogP contribution is -2.46. The highest BCUT2D eigenvalue weighted by Gasteiger charge is 2.18. The van der Waals surface area contributed by atoms with Crippen molar-refractivity contribution in [2.45, 2.75) is 20.0 Å². The standard InChI is InChI=1S/C22H25FN4S/c1-17-2-7-21(28-17)16-24-15-18-8-9-25-22(14-18)27-12-10-26(11-13-27)20-5-3-19(23)4-6-20/h2-9,14,24H,10-13,15-16H2,1H3. The summed E-state index contributed by atoms with van der Waals surface area (Å²) in [5.74, 6) is 0.844. The molecule has 1 aliphatic heterocycles. The topological polar surface area (TPSA) is 31.4 Å². The third-order valence-electron chi connectivity index (χ3n) is 5.03. The van der Waals surface area contributed by atoms with Gasteiger partial charge in [-0.1, -0.05) is 0 Å². The molecule has 1 aliphatic rings. The third kappa shape index (κ3) is 4.69. The van der Waals surface area contributed by atoms with Crippen LogP contribution in [0, 0.1) is 12.7 Å². The summed E-state index contributed by atoms with van der Waals surface area (Å²) in [7, 11) is 0. The predicted octanol–water partition coefficient (Wildman–Crippen LogP) is 4.21. The number of anilines is 2. The zero-order valence-corrected chi connectivity index (χ0v) is 16.9. The van der Waals surface area contributed by atoms with Gasteiger partial charge in [-0.15, -0.1) is 11.3 Å². The molecule has 3 aromatic rings. The molecule has 1 aromatic carbocycles. The van der Waals surface area contributed by atoms with Gasteiger partial charge in [0.2, 0.25) is 0 Å². The van der Waals surface area contributed by atoms with E-state index < -0.39 is 0 Å². The van der Waals surface area contributed by atoms with Gasteiger partial charge in [-0.2, -0.15) is 0 Å². The molecule has 4 nitrogen and oxygen atoms in total. The van der Waals surface area contributed by atoms with Crippen LogP contribution in [-0.4, -0.2) is 31.2 Å². The SMILES string of the molecule is Cc1ccc(CNCc2ccnc(N3CCN(c4ccc(F)cc4)CC3)c2)s1. The van der Waals surface area contributed by atoms with Crippen molar-refractivity contribution in [2.24, 2.45) is 0 Å². The summed E-state index contributed by atoms with van der Waals surface area (Å²) in [6, 6.07) is 15.4. The van der Waals surface area contributed by atoms with E-state index in [1.54, 1.807) is 0 Å². The van der Waals surface area contributed by atoms with Gasteiger partial charge in [0.15, 0.2) is 0 Å². The number of nitrogens with one attached hydrogen (secondary N) is 1.